The molecule has 1 fully saturated rings. The van der Waals surface area contributed by atoms with Crippen LogP contribution in [0.5, 0.6) is 0 Å². The summed E-state index contributed by atoms with van der Waals surface area (Å²) in [5, 5.41) is 2.88. The van der Waals surface area contributed by atoms with E-state index >= 15 is 0 Å². The lowest BCUT2D eigenvalue weighted by atomic mass is 9.96. The Kier molecular flexibility index (Phi) is 4.02. The zero-order valence-electron chi connectivity index (χ0n) is 10.7. The first-order valence-electron chi connectivity index (χ1n) is 6.36. The highest BCUT2D eigenvalue weighted by molar-refractivity contribution is 5.72. The molecule has 5 heteroatoms. The SMILES string of the molecule is CC(=O)NCC1CCN(c2ncccc2N)CC1. The van der Waals surface area contributed by atoms with Gasteiger partial charge in [0.1, 0.15) is 0 Å². The molecule has 0 radical (unpaired) electrons. The molecule has 1 saturated heterocycles. The molecular weight excluding hydrogens is 228 g/mol. The maximum Gasteiger partial charge on any atom is 0.216 e. The average molecular weight is 248 g/mol. The van der Waals surface area contributed by atoms with E-state index in [0.717, 1.165) is 44.0 Å². The molecule has 0 aromatic carbocycles. The predicted molar refractivity (Wildman–Crippen MR) is 72.3 cm³/mol. The summed E-state index contributed by atoms with van der Waals surface area (Å²) in [4.78, 5) is 17.4. The molecule has 1 aromatic rings. The number of nitrogens with two attached hydrogens (primary N) is 1. The van der Waals surface area contributed by atoms with Crippen molar-refractivity contribution in [2.75, 3.05) is 30.3 Å². The van der Waals surface area contributed by atoms with Crippen LogP contribution >= 0.6 is 0 Å². The van der Waals surface area contributed by atoms with Gasteiger partial charge >= 0.3 is 0 Å². The summed E-state index contributed by atoms with van der Waals surface area (Å²) in [6.45, 7) is 4.24. The molecule has 0 unspecified atom stereocenters. The Morgan fingerprint density at radius 3 is 2.89 bits per heavy atom. The van der Waals surface area contributed by atoms with E-state index in [1.54, 1.807) is 13.1 Å². The van der Waals surface area contributed by atoms with Gasteiger partial charge in [-0.15, -0.1) is 0 Å². The van der Waals surface area contributed by atoms with E-state index in [4.69, 9.17) is 5.73 Å². The maximum absolute atomic E-state index is 10.9. The van der Waals surface area contributed by atoms with Gasteiger partial charge in [0.15, 0.2) is 5.82 Å². The van der Waals surface area contributed by atoms with Crippen LogP contribution in [0.1, 0.15) is 19.8 Å². The summed E-state index contributed by atoms with van der Waals surface area (Å²) in [7, 11) is 0. The van der Waals surface area contributed by atoms with Crippen molar-refractivity contribution in [3.05, 3.63) is 18.3 Å². The van der Waals surface area contributed by atoms with Crippen LogP contribution < -0.4 is 16.0 Å². The van der Waals surface area contributed by atoms with Crippen LogP contribution in [0.4, 0.5) is 11.5 Å². The van der Waals surface area contributed by atoms with Crippen LogP contribution in [-0.2, 0) is 4.79 Å². The van der Waals surface area contributed by atoms with Crippen molar-refractivity contribution in [1.29, 1.82) is 0 Å². The van der Waals surface area contributed by atoms with E-state index in [1.807, 2.05) is 12.1 Å². The lowest BCUT2D eigenvalue weighted by Gasteiger charge is -2.33. The quantitative estimate of drug-likeness (QED) is 0.837. The molecular formula is C13H20N4O. The lowest BCUT2D eigenvalue weighted by Crippen LogP contribution is -2.38. The molecule has 0 atom stereocenters. The van der Waals surface area contributed by atoms with E-state index in [-0.39, 0.29) is 5.91 Å². The van der Waals surface area contributed by atoms with Crippen molar-refractivity contribution in [3.63, 3.8) is 0 Å². The topological polar surface area (TPSA) is 71.2 Å². The van der Waals surface area contributed by atoms with Gasteiger partial charge in [0, 0.05) is 32.8 Å². The molecule has 1 aromatic heterocycles. The fourth-order valence-electron chi connectivity index (χ4n) is 2.31. The lowest BCUT2D eigenvalue weighted by molar-refractivity contribution is -0.119. The number of aromatic nitrogens is 1. The predicted octanol–water partition coefficient (Wildman–Crippen LogP) is 1.02. The number of anilines is 2. The van der Waals surface area contributed by atoms with E-state index < -0.39 is 0 Å². The molecule has 2 heterocycles. The van der Waals surface area contributed by atoms with Crippen LogP contribution in [-0.4, -0.2) is 30.5 Å². The Hall–Kier alpha value is -1.78. The van der Waals surface area contributed by atoms with Gasteiger partial charge in [0.25, 0.3) is 0 Å². The minimum atomic E-state index is 0.0476. The van der Waals surface area contributed by atoms with Gasteiger partial charge < -0.3 is 16.0 Å². The third-order valence-electron chi connectivity index (χ3n) is 3.37. The summed E-state index contributed by atoms with van der Waals surface area (Å²) in [6.07, 6.45) is 3.90. The summed E-state index contributed by atoms with van der Waals surface area (Å²) in [5.41, 5.74) is 6.66. The second kappa shape index (κ2) is 5.71. The summed E-state index contributed by atoms with van der Waals surface area (Å²) < 4.78 is 0. The standard InChI is InChI=1S/C13H20N4O/c1-10(18)16-9-11-4-7-17(8-5-11)13-12(14)3-2-6-15-13/h2-3,6,11H,4-5,7-9,14H2,1H3,(H,16,18). The largest absolute Gasteiger partial charge is 0.396 e. The van der Waals surface area contributed by atoms with E-state index in [1.165, 1.54) is 0 Å². The molecule has 0 aliphatic carbocycles. The third kappa shape index (κ3) is 3.12. The van der Waals surface area contributed by atoms with Gasteiger partial charge in [-0.05, 0) is 30.9 Å². The Morgan fingerprint density at radius 2 is 2.28 bits per heavy atom. The number of hydrogen-bond donors (Lipinski definition) is 2. The van der Waals surface area contributed by atoms with Crippen molar-refractivity contribution < 1.29 is 4.79 Å². The van der Waals surface area contributed by atoms with Crippen molar-refractivity contribution in [3.8, 4) is 0 Å². The zero-order valence-corrected chi connectivity index (χ0v) is 10.7. The minimum absolute atomic E-state index is 0.0476. The van der Waals surface area contributed by atoms with Gasteiger partial charge in [-0.2, -0.15) is 0 Å². The molecule has 2 rings (SSSR count). The zero-order chi connectivity index (χ0) is 13.0. The van der Waals surface area contributed by atoms with E-state index in [0.29, 0.717) is 5.92 Å². The van der Waals surface area contributed by atoms with Gasteiger partial charge in [0.2, 0.25) is 5.91 Å². The number of nitrogens with zero attached hydrogens (tertiary/aromatic N) is 2. The fraction of sp³-hybridized carbons (Fsp3) is 0.538. The summed E-state index contributed by atoms with van der Waals surface area (Å²) >= 11 is 0. The smallest absolute Gasteiger partial charge is 0.216 e. The van der Waals surface area contributed by atoms with E-state index in [2.05, 4.69) is 15.2 Å². The van der Waals surface area contributed by atoms with Gasteiger partial charge in [-0.3, -0.25) is 4.79 Å². The number of pyridine rings is 1. The highest BCUT2D eigenvalue weighted by atomic mass is 16.1. The molecule has 1 amide bonds. The molecule has 0 spiro atoms. The van der Waals surface area contributed by atoms with Crippen molar-refractivity contribution in [1.82, 2.24) is 10.3 Å². The highest BCUT2D eigenvalue weighted by Crippen LogP contribution is 2.25. The van der Waals surface area contributed by atoms with E-state index in [9.17, 15) is 4.79 Å². The van der Waals surface area contributed by atoms with Crippen LogP contribution in [0.25, 0.3) is 0 Å². The minimum Gasteiger partial charge on any atom is -0.396 e. The van der Waals surface area contributed by atoms with Crippen LogP contribution in [0, 0.1) is 5.92 Å². The number of rotatable bonds is 3. The maximum atomic E-state index is 10.9. The number of nitrogens with one attached hydrogen (secondary N) is 1. The Morgan fingerprint density at radius 1 is 1.56 bits per heavy atom. The average Bonchev–Trinajstić information content (AvgIpc) is 2.38. The number of piperidine rings is 1. The summed E-state index contributed by atoms with van der Waals surface area (Å²) in [5.74, 6) is 1.50. The van der Waals surface area contributed by atoms with Crippen molar-refractivity contribution >= 4 is 17.4 Å². The Balaban J connectivity index is 1.87. The monoisotopic (exact) mass is 248 g/mol. The summed E-state index contributed by atoms with van der Waals surface area (Å²) in [6, 6.07) is 3.73. The first kappa shape index (κ1) is 12.7. The second-order valence-corrected chi connectivity index (χ2v) is 4.78. The third-order valence-corrected chi connectivity index (χ3v) is 3.37. The van der Waals surface area contributed by atoms with Gasteiger partial charge in [0.05, 0.1) is 5.69 Å². The van der Waals surface area contributed by atoms with Crippen LogP contribution in [0.15, 0.2) is 18.3 Å². The molecule has 3 N–H and O–H groups in total. The fourth-order valence-corrected chi connectivity index (χ4v) is 2.31. The Bertz CT molecular complexity index is 413. The molecule has 1 aliphatic heterocycles. The molecule has 0 saturated carbocycles. The molecule has 1 aliphatic rings. The van der Waals surface area contributed by atoms with Gasteiger partial charge in [-0.25, -0.2) is 4.98 Å². The van der Waals surface area contributed by atoms with Gasteiger partial charge in [-0.1, -0.05) is 0 Å². The molecule has 18 heavy (non-hydrogen) atoms. The van der Waals surface area contributed by atoms with Crippen molar-refractivity contribution in [2.24, 2.45) is 5.92 Å². The number of carbonyl (C=O) groups excluding carboxylic acids is 1. The molecule has 98 valence electrons. The number of hydrogen-bond acceptors (Lipinski definition) is 4. The first-order valence-corrected chi connectivity index (χ1v) is 6.36. The number of amides is 1. The second-order valence-electron chi connectivity index (χ2n) is 4.78. The highest BCUT2D eigenvalue weighted by Gasteiger charge is 2.21. The van der Waals surface area contributed by atoms with Crippen molar-refractivity contribution in [2.45, 2.75) is 19.8 Å². The van der Waals surface area contributed by atoms with Crippen LogP contribution in [0.3, 0.4) is 0 Å². The normalized spacial score (nSPS) is 16.6. The Labute approximate surface area is 107 Å². The number of carbonyl (C=O) groups is 1. The number of nitrogen functional groups attached to an aromatic ring is 1. The molecule has 5 nitrogen and oxygen atoms in total. The molecule has 0 bridgehead atoms. The van der Waals surface area contributed by atoms with Crippen LogP contribution in [0.2, 0.25) is 0 Å². The first-order chi connectivity index (χ1) is 8.66.